The molecule has 1 heterocycles. The van der Waals surface area contributed by atoms with Crippen LogP contribution in [0.1, 0.15) is 22.6 Å². The highest BCUT2D eigenvalue weighted by Gasteiger charge is 2.42. The fourth-order valence-corrected chi connectivity index (χ4v) is 5.07. The monoisotopic (exact) mass is 492 g/mol. The van der Waals surface area contributed by atoms with Gasteiger partial charge in [0.25, 0.3) is 0 Å². The number of phenols is 2. The van der Waals surface area contributed by atoms with Crippen LogP contribution in [0.2, 0.25) is 0 Å². The molecule has 0 radical (unpaired) electrons. The van der Waals surface area contributed by atoms with Crippen molar-refractivity contribution in [2.45, 2.75) is 36.9 Å². The van der Waals surface area contributed by atoms with Crippen LogP contribution in [0.3, 0.4) is 0 Å². The molecule has 0 aromatic heterocycles. The quantitative estimate of drug-likeness (QED) is 0.321. The third-order valence-corrected chi connectivity index (χ3v) is 7.00. The zero-order chi connectivity index (χ0) is 25.3. The van der Waals surface area contributed by atoms with E-state index < -0.39 is 30.5 Å². The van der Waals surface area contributed by atoms with Gasteiger partial charge in [-0.05, 0) is 59.2 Å². The van der Waals surface area contributed by atoms with Crippen molar-refractivity contribution in [1.82, 2.24) is 0 Å². The fourth-order valence-electron chi connectivity index (χ4n) is 5.07. The Morgan fingerprint density at radius 3 is 2.34 bits per heavy atom. The number of hydrogen-bond donors (Lipinski definition) is 6. The van der Waals surface area contributed by atoms with Crippen LogP contribution in [0.5, 0.6) is 23.0 Å². The van der Waals surface area contributed by atoms with Gasteiger partial charge in [0.05, 0.1) is 27.4 Å². The van der Waals surface area contributed by atoms with Crippen molar-refractivity contribution in [1.29, 1.82) is 0 Å². The molecule has 192 valence electrons. The second-order valence-electron chi connectivity index (χ2n) is 9.03. The third kappa shape index (κ3) is 4.90. The van der Waals surface area contributed by atoms with Crippen LogP contribution in [-0.4, -0.2) is 89.3 Å². The van der Waals surface area contributed by atoms with Crippen LogP contribution < -0.4 is 9.47 Å². The lowest BCUT2D eigenvalue weighted by molar-refractivity contribution is -0.274. The van der Waals surface area contributed by atoms with E-state index in [1.54, 1.807) is 24.3 Å². The third-order valence-electron chi connectivity index (χ3n) is 7.00. The van der Waals surface area contributed by atoms with E-state index in [9.17, 15) is 30.6 Å². The lowest BCUT2D eigenvalue weighted by Gasteiger charge is -2.41. The van der Waals surface area contributed by atoms with Gasteiger partial charge in [-0.2, -0.15) is 0 Å². The fraction of sp³-hybridized carbons (Fsp3) is 0.520. The predicted molar refractivity (Wildman–Crippen MR) is 123 cm³/mol. The summed E-state index contributed by atoms with van der Waals surface area (Å²) >= 11 is 0. The Balaban J connectivity index is 1.73. The largest absolute Gasteiger partial charge is 0.504 e. The summed E-state index contributed by atoms with van der Waals surface area (Å²) in [7, 11) is 2.91. The number of aliphatic hydroxyl groups is 4. The first-order valence-corrected chi connectivity index (χ1v) is 11.4. The molecule has 1 aliphatic carbocycles. The summed E-state index contributed by atoms with van der Waals surface area (Å²) < 4.78 is 21.9. The van der Waals surface area contributed by atoms with E-state index in [0.29, 0.717) is 12.2 Å². The summed E-state index contributed by atoms with van der Waals surface area (Å²) in [6.45, 7) is -0.306. The Morgan fingerprint density at radius 2 is 1.66 bits per heavy atom. The molecule has 10 heteroatoms. The van der Waals surface area contributed by atoms with Crippen molar-refractivity contribution in [3.8, 4) is 23.0 Å². The van der Waals surface area contributed by atoms with Gasteiger partial charge in [-0.3, -0.25) is 0 Å². The van der Waals surface area contributed by atoms with E-state index in [2.05, 4.69) is 0 Å². The summed E-state index contributed by atoms with van der Waals surface area (Å²) in [4.78, 5) is 0. The van der Waals surface area contributed by atoms with Crippen LogP contribution in [0.15, 0.2) is 30.3 Å². The lowest BCUT2D eigenvalue weighted by atomic mass is 9.67. The molecule has 2 aromatic rings. The van der Waals surface area contributed by atoms with Crippen molar-refractivity contribution >= 4 is 0 Å². The van der Waals surface area contributed by atoms with Gasteiger partial charge in [0.2, 0.25) is 0 Å². The Kier molecular flexibility index (Phi) is 7.70. The number of methoxy groups -OCH3 is 2. The number of rotatable bonds is 7. The van der Waals surface area contributed by atoms with E-state index in [4.69, 9.17) is 18.9 Å². The summed E-state index contributed by atoms with van der Waals surface area (Å²) in [5.74, 6) is -0.459. The lowest BCUT2D eigenvalue weighted by Crippen LogP contribution is -2.54. The minimum absolute atomic E-state index is 0.0253. The molecule has 6 N–H and O–H groups in total. The zero-order valence-corrected chi connectivity index (χ0v) is 19.6. The predicted octanol–water partition coefficient (Wildman–Crippen LogP) is 0.483. The van der Waals surface area contributed by atoms with E-state index in [-0.39, 0.29) is 48.9 Å². The van der Waals surface area contributed by atoms with Gasteiger partial charge in [-0.25, -0.2) is 0 Å². The van der Waals surface area contributed by atoms with Crippen LogP contribution in [0, 0.1) is 11.8 Å². The molecule has 0 bridgehead atoms. The van der Waals surface area contributed by atoms with E-state index in [0.717, 1.165) is 16.7 Å². The molecule has 1 fully saturated rings. The van der Waals surface area contributed by atoms with Gasteiger partial charge in [0.15, 0.2) is 29.3 Å². The van der Waals surface area contributed by atoms with Gasteiger partial charge < -0.3 is 49.6 Å². The highest BCUT2D eigenvalue weighted by molar-refractivity contribution is 5.53. The molecule has 1 unspecified atom stereocenters. The standard InChI is InChI=1S/C25H32O10/c1-32-20-6-12(3-4-17(20)27)22-15-8-18(28)21(33-2)7-13(15)5-14(9-26)16(22)10-34-25-24(31)23(30)19(29)11-35-25/h3-4,6-8,14,16,19,22-31H,5,9-11H2,1-2H3/t14-,16-,19+,22-,23-,24+,25?/m0/s1. The number of aromatic hydroxyl groups is 2. The molecule has 7 atom stereocenters. The molecular formula is C25H32O10. The van der Waals surface area contributed by atoms with E-state index in [1.165, 1.54) is 20.3 Å². The van der Waals surface area contributed by atoms with Crippen LogP contribution in [-0.2, 0) is 15.9 Å². The molecule has 10 nitrogen and oxygen atoms in total. The topological polar surface area (TPSA) is 158 Å². The summed E-state index contributed by atoms with van der Waals surface area (Å²) in [6, 6.07) is 8.34. The van der Waals surface area contributed by atoms with E-state index in [1.807, 2.05) is 0 Å². The number of ether oxygens (including phenoxy) is 4. The number of fused-ring (bicyclic) bond motifs is 1. The molecular weight excluding hydrogens is 460 g/mol. The second kappa shape index (κ2) is 10.6. The molecule has 35 heavy (non-hydrogen) atoms. The molecule has 4 rings (SSSR count). The zero-order valence-electron chi connectivity index (χ0n) is 19.6. The van der Waals surface area contributed by atoms with Crippen molar-refractivity contribution < 1.29 is 49.6 Å². The first kappa shape index (κ1) is 25.5. The minimum atomic E-state index is -1.44. The smallest absolute Gasteiger partial charge is 0.186 e. The van der Waals surface area contributed by atoms with Crippen molar-refractivity contribution in [3.63, 3.8) is 0 Å². The Bertz CT molecular complexity index is 1030. The molecule has 0 saturated carbocycles. The summed E-state index contributed by atoms with van der Waals surface area (Å²) in [6.07, 6.45) is -4.74. The van der Waals surface area contributed by atoms with E-state index >= 15 is 0 Å². The van der Waals surface area contributed by atoms with Crippen LogP contribution in [0.4, 0.5) is 0 Å². The normalized spacial score (nSPS) is 30.5. The van der Waals surface area contributed by atoms with Gasteiger partial charge in [-0.1, -0.05) is 6.07 Å². The van der Waals surface area contributed by atoms with Crippen molar-refractivity contribution in [3.05, 3.63) is 47.0 Å². The van der Waals surface area contributed by atoms with Gasteiger partial charge in [-0.15, -0.1) is 0 Å². The number of hydrogen-bond acceptors (Lipinski definition) is 10. The highest BCUT2D eigenvalue weighted by Crippen LogP contribution is 2.48. The molecule has 1 aliphatic heterocycles. The maximum atomic E-state index is 10.5. The average Bonchev–Trinajstić information content (AvgIpc) is 2.86. The highest BCUT2D eigenvalue weighted by atomic mass is 16.7. The Labute approximate surface area is 202 Å². The molecule has 0 spiro atoms. The number of benzene rings is 2. The summed E-state index contributed by atoms with van der Waals surface area (Å²) in [5.41, 5.74) is 2.45. The minimum Gasteiger partial charge on any atom is -0.504 e. The van der Waals surface area contributed by atoms with Gasteiger partial charge in [0, 0.05) is 12.5 Å². The summed E-state index contributed by atoms with van der Waals surface area (Å²) in [5, 5.41) is 60.9. The van der Waals surface area contributed by atoms with Crippen LogP contribution in [0.25, 0.3) is 0 Å². The molecule has 2 aromatic carbocycles. The maximum absolute atomic E-state index is 10.5. The van der Waals surface area contributed by atoms with Crippen LogP contribution >= 0.6 is 0 Å². The second-order valence-corrected chi connectivity index (χ2v) is 9.03. The number of phenolic OH excluding ortho intramolecular Hbond substituents is 2. The maximum Gasteiger partial charge on any atom is 0.186 e. The Morgan fingerprint density at radius 1 is 0.943 bits per heavy atom. The molecule has 1 saturated heterocycles. The average molecular weight is 493 g/mol. The first-order valence-electron chi connectivity index (χ1n) is 11.4. The number of aliphatic hydroxyl groups excluding tert-OH is 4. The SMILES string of the molecule is COc1cc([C@H]2c3cc(O)c(OC)cc3C[C@@H](CO)[C@@H]2COC2OC[C@@H](O)[C@H](O)[C@H]2O)ccc1O. The van der Waals surface area contributed by atoms with Crippen molar-refractivity contribution in [2.75, 3.05) is 34.0 Å². The first-order chi connectivity index (χ1) is 16.8. The molecule has 2 aliphatic rings. The van der Waals surface area contributed by atoms with Gasteiger partial charge >= 0.3 is 0 Å². The Hall–Kier alpha value is -2.60. The molecule has 0 amide bonds. The van der Waals surface area contributed by atoms with Crippen molar-refractivity contribution in [2.24, 2.45) is 11.8 Å². The van der Waals surface area contributed by atoms with Gasteiger partial charge in [0.1, 0.15) is 18.3 Å².